The number of rotatable bonds is 3. The van der Waals surface area contributed by atoms with E-state index in [-0.39, 0.29) is 0 Å². The van der Waals surface area contributed by atoms with E-state index in [1.165, 1.54) is 0 Å². The SMILES string of the molecule is [B]CC1=CCC(c2ccc(OC)cc2)=N1. The van der Waals surface area contributed by atoms with Crippen molar-refractivity contribution in [2.45, 2.75) is 12.7 Å². The number of nitrogens with zero attached hydrogens (tertiary/aromatic N) is 1. The third-order valence-corrected chi connectivity index (χ3v) is 2.44. The number of hydrogen-bond donors (Lipinski definition) is 0. The van der Waals surface area contributed by atoms with Crippen LogP contribution in [-0.4, -0.2) is 20.7 Å². The third-order valence-electron chi connectivity index (χ3n) is 2.44. The Morgan fingerprint density at radius 3 is 2.60 bits per heavy atom. The number of ether oxygens (including phenoxy) is 1. The lowest BCUT2D eigenvalue weighted by Gasteiger charge is -2.02. The van der Waals surface area contributed by atoms with Gasteiger partial charge >= 0.3 is 0 Å². The highest BCUT2D eigenvalue weighted by atomic mass is 16.5. The quantitative estimate of drug-likeness (QED) is 0.681. The summed E-state index contributed by atoms with van der Waals surface area (Å²) in [5, 5.41) is 0. The fraction of sp³-hybridized carbons (Fsp3) is 0.250. The lowest BCUT2D eigenvalue weighted by Crippen LogP contribution is -1.96. The summed E-state index contributed by atoms with van der Waals surface area (Å²) in [6.07, 6.45) is 3.46. The number of benzene rings is 1. The third kappa shape index (κ3) is 2.12. The van der Waals surface area contributed by atoms with Crippen LogP contribution in [0.4, 0.5) is 0 Å². The molecule has 0 aromatic heterocycles. The van der Waals surface area contributed by atoms with Gasteiger partial charge in [-0.05, 0) is 36.1 Å². The average Bonchev–Trinajstić information content (AvgIpc) is 2.78. The molecule has 1 aliphatic heterocycles. The molecular weight excluding hydrogens is 185 g/mol. The Morgan fingerprint density at radius 1 is 1.33 bits per heavy atom. The molecular formula is C12H12BNO. The second-order valence-electron chi connectivity index (χ2n) is 3.39. The van der Waals surface area contributed by atoms with Crippen LogP contribution in [0.1, 0.15) is 12.0 Å². The van der Waals surface area contributed by atoms with Crippen LogP contribution >= 0.6 is 0 Å². The smallest absolute Gasteiger partial charge is 0.118 e. The van der Waals surface area contributed by atoms with E-state index < -0.39 is 0 Å². The molecule has 0 spiro atoms. The van der Waals surface area contributed by atoms with E-state index in [2.05, 4.69) is 11.1 Å². The zero-order chi connectivity index (χ0) is 10.7. The Balaban J connectivity index is 2.18. The maximum atomic E-state index is 5.52. The molecule has 0 saturated carbocycles. The Hall–Kier alpha value is -1.51. The van der Waals surface area contributed by atoms with Crippen LogP contribution in [0.15, 0.2) is 41.0 Å². The number of methoxy groups -OCH3 is 1. The zero-order valence-corrected chi connectivity index (χ0v) is 8.73. The van der Waals surface area contributed by atoms with E-state index in [4.69, 9.17) is 12.6 Å². The van der Waals surface area contributed by atoms with Crippen molar-refractivity contribution in [1.29, 1.82) is 0 Å². The van der Waals surface area contributed by atoms with Crippen molar-refractivity contribution in [2.24, 2.45) is 4.99 Å². The summed E-state index contributed by atoms with van der Waals surface area (Å²) < 4.78 is 5.10. The van der Waals surface area contributed by atoms with Crippen LogP contribution in [0, 0.1) is 0 Å². The molecule has 2 rings (SSSR count). The van der Waals surface area contributed by atoms with Gasteiger partial charge < -0.3 is 4.74 Å². The second kappa shape index (κ2) is 4.34. The topological polar surface area (TPSA) is 21.6 Å². The molecule has 1 heterocycles. The zero-order valence-electron chi connectivity index (χ0n) is 8.73. The minimum absolute atomic E-state index is 0.514. The fourth-order valence-electron chi connectivity index (χ4n) is 1.57. The second-order valence-corrected chi connectivity index (χ2v) is 3.39. The molecule has 2 nitrogen and oxygen atoms in total. The molecule has 1 aromatic carbocycles. The van der Waals surface area contributed by atoms with Gasteiger partial charge in [0.15, 0.2) is 0 Å². The van der Waals surface area contributed by atoms with Crippen molar-refractivity contribution in [3.63, 3.8) is 0 Å². The van der Waals surface area contributed by atoms with Crippen molar-refractivity contribution in [3.05, 3.63) is 41.6 Å². The first-order valence-corrected chi connectivity index (χ1v) is 4.94. The van der Waals surface area contributed by atoms with Gasteiger partial charge in [0.05, 0.1) is 20.7 Å². The van der Waals surface area contributed by atoms with Crippen LogP contribution in [0.2, 0.25) is 6.32 Å². The van der Waals surface area contributed by atoms with Crippen LogP contribution in [0.3, 0.4) is 0 Å². The fourth-order valence-corrected chi connectivity index (χ4v) is 1.57. The van der Waals surface area contributed by atoms with E-state index >= 15 is 0 Å². The standard InChI is InChI=1S/C12H12BNO/c1-15-11-5-2-9(3-6-11)12-7-4-10(8-13)14-12/h2-6H,7-8H2,1H3. The van der Waals surface area contributed by atoms with E-state index in [0.29, 0.717) is 6.32 Å². The van der Waals surface area contributed by atoms with Gasteiger partial charge in [0, 0.05) is 12.1 Å². The molecule has 15 heavy (non-hydrogen) atoms. The first-order chi connectivity index (χ1) is 7.33. The van der Waals surface area contributed by atoms with E-state index in [1.807, 2.05) is 24.3 Å². The molecule has 0 fully saturated rings. The summed E-state index contributed by atoms with van der Waals surface area (Å²) in [5.74, 6) is 0.865. The van der Waals surface area contributed by atoms with Crippen molar-refractivity contribution < 1.29 is 4.74 Å². The van der Waals surface area contributed by atoms with Gasteiger partial charge in [-0.2, -0.15) is 0 Å². The summed E-state index contributed by atoms with van der Waals surface area (Å²) in [5.41, 5.74) is 3.19. The van der Waals surface area contributed by atoms with Gasteiger partial charge in [0.2, 0.25) is 0 Å². The van der Waals surface area contributed by atoms with E-state index in [0.717, 1.165) is 29.1 Å². The monoisotopic (exact) mass is 197 g/mol. The molecule has 0 bridgehead atoms. The molecule has 0 saturated heterocycles. The molecule has 74 valence electrons. The lowest BCUT2D eigenvalue weighted by molar-refractivity contribution is 0.415. The highest BCUT2D eigenvalue weighted by Gasteiger charge is 2.08. The number of hydrogen-bond acceptors (Lipinski definition) is 2. The molecule has 0 unspecified atom stereocenters. The summed E-state index contributed by atoms with van der Waals surface area (Å²) in [6.45, 7) is 0. The predicted octanol–water partition coefficient (Wildman–Crippen LogP) is 2.36. The Labute approximate surface area is 91.1 Å². The number of aliphatic imine (C=N–C) groups is 1. The molecule has 0 N–H and O–H groups in total. The summed E-state index contributed by atoms with van der Waals surface area (Å²) in [4.78, 5) is 4.44. The van der Waals surface area contributed by atoms with Gasteiger partial charge in [0.1, 0.15) is 5.75 Å². The summed E-state index contributed by atoms with van der Waals surface area (Å²) in [7, 11) is 7.19. The maximum Gasteiger partial charge on any atom is 0.118 e. The van der Waals surface area contributed by atoms with Crippen molar-refractivity contribution in [3.8, 4) is 5.75 Å². The molecule has 0 aliphatic carbocycles. The van der Waals surface area contributed by atoms with Gasteiger partial charge in [-0.15, -0.1) is 0 Å². The highest BCUT2D eigenvalue weighted by Crippen LogP contribution is 2.20. The first kappa shape index (κ1) is 10.0. The molecule has 1 aromatic rings. The summed E-state index contributed by atoms with van der Waals surface area (Å²) in [6, 6.07) is 7.92. The molecule has 2 radical (unpaired) electrons. The minimum Gasteiger partial charge on any atom is -0.497 e. The van der Waals surface area contributed by atoms with Crippen molar-refractivity contribution in [1.82, 2.24) is 0 Å². The van der Waals surface area contributed by atoms with Crippen molar-refractivity contribution >= 4 is 13.6 Å². The van der Waals surface area contributed by atoms with Gasteiger partial charge in [-0.3, -0.25) is 4.99 Å². The van der Waals surface area contributed by atoms with Crippen LogP contribution < -0.4 is 4.74 Å². The van der Waals surface area contributed by atoms with Gasteiger partial charge in [-0.25, -0.2) is 0 Å². The Bertz CT molecular complexity index is 406. The average molecular weight is 197 g/mol. The van der Waals surface area contributed by atoms with Gasteiger partial charge in [0.25, 0.3) is 0 Å². The van der Waals surface area contributed by atoms with Crippen molar-refractivity contribution in [2.75, 3.05) is 7.11 Å². The van der Waals surface area contributed by atoms with Gasteiger partial charge in [-0.1, -0.05) is 6.08 Å². The Morgan fingerprint density at radius 2 is 2.07 bits per heavy atom. The number of allylic oxidation sites excluding steroid dienone is 2. The maximum absolute atomic E-state index is 5.52. The van der Waals surface area contributed by atoms with E-state index in [1.54, 1.807) is 7.11 Å². The lowest BCUT2D eigenvalue weighted by atomic mass is 10.0. The van der Waals surface area contributed by atoms with E-state index in [9.17, 15) is 0 Å². The molecule has 3 heteroatoms. The largest absolute Gasteiger partial charge is 0.497 e. The normalized spacial score (nSPS) is 14.7. The first-order valence-electron chi connectivity index (χ1n) is 4.94. The Kier molecular flexibility index (Phi) is 2.90. The summed E-state index contributed by atoms with van der Waals surface area (Å²) >= 11 is 0. The van der Waals surface area contributed by atoms with Crippen LogP contribution in [0.5, 0.6) is 5.75 Å². The van der Waals surface area contributed by atoms with Crippen LogP contribution in [-0.2, 0) is 0 Å². The van der Waals surface area contributed by atoms with Crippen LogP contribution in [0.25, 0.3) is 0 Å². The highest BCUT2D eigenvalue weighted by molar-refractivity contribution is 6.11. The minimum atomic E-state index is 0.514. The molecule has 0 atom stereocenters. The molecule has 1 aliphatic rings. The predicted molar refractivity (Wildman–Crippen MR) is 62.8 cm³/mol. The molecule has 0 amide bonds.